The molecule has 0 aliphatic carbocycles. The van der Waals surface area contributed by atoms with Crippen molar-refractivity contribution in [1.29, 1.82) is 5.26 Å². The van der Waals surface area contributed by atoms with E-state index in [2.05, 4.69) is 29.8 Å². The third kappa shape index (κ3) is 2.83. The Morgan fingerprint density at radius 3 is 2.76 bits per heavy atom. The lowest BCUT2D eigenvalue weighted by Gasteiger charge is -2.39. The second-order valence-corrected chi connectivity index (χ2v) is 4.96. The molecular formula is C14H19N3. The molecule has 0 unspecified atom stereocenters. The van der Waals surface area contributed by atoms with Gasteiger partial charge in [-0.1, -0.05) is 6.42 Å². The number of nitriles is 1. The number of nitrogens with zero attached hydrogens (tertiary/aromatic N) is 3. The van der Waals surface area contributed by atoms with E-state index in [1.807, 2.05) is 12.1 Å². The predicted molar refractivity (Wildman–Crippen MR) is 67.3 cm³/mol. The van der Waals surface area contributed by atoms with E-state index in [-0.39, 0.29) is 0 Å². The molecular weight excluding hydrogens is 210 g/mol. The first-order valence-electron chi connectivity index (χ1n) is 6.31. The molecule has 0 radical (unpaired) electrons. The quantitative estimate of drug-likeness (QED) is 0.782. The van der Waals surface area contributed by atoms with Crippen LogP contribution in [0.5, 0.6) is 0 Å². The lowest BCUT2D eigenvalue weighted by Crippen LogP contribution is -2.42. The van der Waals surface area contributed by atoms with Crippen molar-refractivity contribution in [2.45, 2.75) is 51.7 Å². The first-order valence-corrected chi connectivity index (χ1v) is 6.31. The predicted octanol–water partition coefficient (Wildman–Crippen LogP) is 2.72. The zero-order chi connectivity index (χ0) is 12.3. The third-order valence-electron chi connectivity index (χ3n) is 3.68. The van der Waals surface area contributed by atoms with Gasteiger partial charge in [0.1, 0.15) is 11.8 Å². The first kappa shape index (κ1) is 12.1. The fraction of sp³-hybridized carbons (Fsp3) is 0.571. The van der Waals surface area contributed by atoms with Gasteiger partial charge in [0.25, 0.3) is 0 Å². The summed E-state index contributed by atoms with van der Waals surface area (Å²) in [4.78, 5) is 6.54. The summed E-state index contributed by atoms with van der Waals surface area (Å²) >= 11 is 0. The van der Waals surface area contributed by atoms with Crippen LogP contribution in [-0.2, 0) is 6.54 Å². The molecule has 0 amide bonds. The van der Waals surface area contributed by atoms with Gasteiger partial charge in [-0.15, -0.1) is 0 Å². The van der Waals surface area contributed by atoms with E-state index < -0.39 is 0 Å². The van der Waals surface area contributed by atoms with Crippen molar-refractivity contribution < 1.29 is 0 Å². The van der Waals surface area contributed by atoms with Gasteiger partial charge in [-0.05, 0) is 44.4 Å². The van der Waals surface area contributed by atoms with E-state index in [1.165, 1.54) is 24.8 Å². The van der Waals surface area contributed by atoms with Crippen molar-refractivity contribution >= 4 is 0 Å². The SMILES string of the molecule is C[C@@H]1CCC[C@H](C)N1Cc1ccnc(C#N)c1. The lowest BCUT2D eigenvalue weighted by molar-refractivity contribution is 0.0952. The highest BCUT2D eigenvalue weighted by Gasteiger charge is 2.24. The molecule has 2 atom stereocenters. The molecule has 0 spiro atoms. The van der Waals surface area contributed by atoms with Crippen LogP contribution in [0.3, 0.4) is 0 Å². The fourth-order valence-corrected chi connectivity index (χ4v) is 2.63. The van der Waals surface area contributed by atoms with Crippen LogP contribution in [0, 0.1) is 11.3 Å². The molecule has 1 fully saturated rings. The molecule has 0 bridgehead atoms. The number of pyridine rings is 1. The number of hydrogen-bond acceptors (Lipinski definition) is 3. The molecule has 90 valence electrons. The summed E-state index contributed by atoms with van der Waals surface area (Å²) in [6.07, 6.45) is 5.62. The summed E-state index contributed by atoms with van der Waals surface area (Å²) in [6.45, 7) is 5.52. The second-order valence-electron chi connectivity index (χ2n) is 4.96. The van der Waals surface area contributed by atoms with Crippen LogP contribution in [0.25, 0.3) is 0 Å². The smallest absolute Gasteiger partial charge is 0.140 e. The van der Waals surface area contributed by atoms with E-state index in [9.17, 15) is 0 Å². The number of likely N-dealkylation sites (tertiary alicyclic amines) is 1. The van der Waals surface area contributed by atoms with Gasteiger partial charge in [0.15, 0.2) is 0 Å². The maximum atomic E-state index is 8.85. The Balaban J connectivity index is 2.11. The largest absolute Gasteiger partial charge is 0.294 e. The van der Waals surface area contributed by atoms with Gasteiger partial charge in [-0.2, -0.15) is 5.26 Å². The molecule has 0 aromatic carbocycles. The van der Waals surface area contributed by atoms with Crippen molar-refractivity contribution in [3.63, 3.8) is 0 Å². The number of hydrogen-bond donors (Lipinski definition) is 0. The van der Waals surface area contributed by atoms with Crippen LogP contribution in [-0.4, -0.2) is 22.0 Å². The van der Waals surface area contributed by atoms with Crippen molar-refractivity contribution in [2.75, 3.05) is 0 Å². The Morgan fingerprint density at radius 2 is 2.12 bits per heavy atom. The molecule has 1 saturated heterocycles. The van der Waals surface area contributed by atoms with E-state index in [0.29, 0.717) is 17.8 Å². The van der Waals surface area contributed by atoms with Crippen LogP contribution in [0.1, 0.15) is 44.4 Å². The third-order valence-corrected chi connectivity index (χ3v) is 3.68. The summed E-state index contributed by atoms with van der Waals surface area (Å²) < 4.78 is 0. The Morgan fingerprint density at radius 1 is 1.41 bits per heavy atom. The zero-order valence-corrected chi connectivity index (χ0v) is 10.6. The van der Waals surface area contributed by atoms with Gasteiger partial charge >= 0.3 is 0 Å². The van der Waals surface area contributed by atoms with Gasteiger partial charge < -0.3 is 0 Å². The molecule has 3 heteroatoms. The normalized spacial score (nSPS) is 25.5. The summed E-state index contributed by atoms with van der Waals surface area (Å²) in [6, 6.07) is 7.28. The molecule has 2 heterocycles. The first-order chi connectivity index (χ1) is 8.20. The van der Waals surface area contributed by atoms with E-state index in [4.69, 9.17) is 5.26 Å². The average Bonchev–Trinajstić information content (AvgIpc) is 2.34. The number of piperidine rings is 1. The molecule has 17 heavy (non-hydrogen) atoms. The van der Waals surface area contributed by atoms with Crippen LogP contribution >= 0.6 is 0 Å². The molecule has 1 aromatic rings. The standard InChI is InChI=1S/C14H19N3/c1-11-4-3-5-12(2)17(11)10-13-6-7-16-14(8-13)9-15/h6-8,11-12H,3-5,10H2,1-2H3/t11-,12+. The topological polar surface area (TPSA) is 39.9 Å². The highest BCUT2D eigenvalue weighted by molar-refractivity contribution is 5.25. The van der Waals surface area contributed by atoms with Gasteiger partial charge in [0.05, 0.1) is 0 Å². The van der Waals surface area contributed by atoms with E-state index in [1.54, 1.807) is 6.20 Å². The molecule has 1 aliphatic heterocycles. The van der Waals surface area contributed by atoms with Crippen LogP contribution < -0.4 is 0 Å². The van der Waals surface area contributed by atoms with Crippen molar-refractivity contribution in [2.24, 2.45) is 0 Å². The highest BCUT2D eigenvalue weighted by Crippen LogP contribution is 2.24. The zero-order valence-electron chi connectivity index (χ0n) is 10.6. The maximum Gasteiger partial charge on any atom is 0.140 e. The molecule has 1 aliphatic rings. The van der Waals surface area contributed by atoms with Crippen molar-refractivity contribution in [1.82, 2.24) is 9.88 Å². The summed E-state index contributed by atoms with van der Waals surface area (Å²) in [5.74, 6) is 0. The Hall–Kier alpha value is -1.40. The van der Waals surface area contributed by atoms with Gasteiger partial charge in [-0.25, -0.2) is 4.98 Å². The Bertz CT molecular complexity index is 412. The maximum absolute atomic E-state index is 8.85. The van der Waals surface area contributed by atoms with Gasteiger partial charge in [0.2, 0.25) is 0 Å². The molecule has 2 rings (SSSR count). The van der Waals surface area contributed by atoms with E-state index in [0.717, 1.165) is 6.54 Å². The number of aromatic nitrogens is 1. The van der Waals surface area contributed by atoms with Crippen LogP contribution in [0.15, 0.2) is 18.3 Å². The molecule has 1 aromatic heterocycles. The van der Waals surface area contributed by atoms with Gasteiger partial charge in [-0.3, -0.25) is 4.90 Å². The van der Waals surface area contributed by atoms with Crippen molar-refractivity contribution in [3.8, 4) is 6.07 Å². The summed E-state index contributed by atoms with van der Waals surface area (Å²) in [7, 11) is 0. The average molecular weight is 229 g/mol. The van der Waals surface area contributed by atoms with Crippen LogP contribution in [0.4, 0.5) is 0 Å². The fourth-order valence-electron chi connectivity index (χ4n) is 2.63. The van der Waals surface area contributed by atoms with Crippen molar-refractivity contribution in [3.05, 3.63) is 29.6 Å². The van der Waals surface area contributed by atoms with Crippen LogP contribution in [0.2, 0.25) is 0 Å². The van der Waals surface area contributed by atoms with E-state index >= 15 is 0 Å². The lowest BCUT2D eigenvalue weighted by atomic mass is 9.97. The Kier molecular flexibility index (Phi) is 3.75. The second kappa shape index (κ2) is 5.29. The minimum atomic E-state index is 0.514. The minimum absolute atomic E-state index is 0.514. The Labute approximate surface area is 103 Å². The summed E-state index contributed by atoms with van der Waals surface area (Å²) in [5.41, 5.74) is 1.71. The molecule has 0 N–H and O–H groups in total. The minimum Gasteiger partial charge on any atom is -0.294 e. The van der Waals surface area contributed by atoms with Gasteiger partial charge in [0, 0.05) is 24.8 Å². The highest BCUT2D eigenvalue weighted by atomic mass is 15.2. The molecule has 0 saturated carbocycles. The molecule has 3 nitrogen and oxygen atoms in total. The number of rotatable bonds is 2. The monoisotopic (exact) mass is 229 g/mol. The summed E-state index contributed by atoms with van der Waals surface area (Å²) in [5, 5.41) is 8.85.